The molecule has 0 heterocycles. The van der Waals surface area contributed by atoms with E-state index in [1.165, 1.54) is 24.3 Å². The van der Waals surface area contributed by atoms with Crippen LogP contribution in [0.5, 0.6) is 0 Å². The number of aromatic carboxylic acids is 1. The minimum atomic E-state index is -3.68. The van der Waals surface area contributed by atoms with Crippen LogP contribution in [0.3, 0.4) is 0 Å². The lowest BCUT2D eigenvalue weighted by Gasteiger charge is -2.06. The number of carboxylic acids is 1. The van der Waals surface area contributed by atoms with Gasteiger partial charge >= 0.3 is 5.97 Å². The second-order valence-corrected chi connectivity index (χ2v) is 4.29. The summed E-state index contributed by atoms with van der Waals surface area (Å²) >= 11 is 0. The summed E-state index contributed by atoms with van der Waals surface area (Å²) in [6.07, 6.45) is 0. The van der Waals surface area contributed by atoms with E-state index in [2.05, 4.69) is 11.3 Å². The van der Waals surface area contributed by atoms with Crippen molar-refractivity contribution in [2.24, 2.45) is 0 Å². The minimum Gasteiger partial charge on any atom is -0.478 e. The van der Waals surface area contributed by atoms with Crippen LogP contribution in [-0.2, 0) is 10.0 Å². The molecule has 2 N–H and O–H groups in total. The topological polar surface area (TPSA) is 83.5 Å². The molecule has 0 aromatic heterocycles. The third kappa shape index (κ3) is 2.81. The quantitative estimate of drug-likeness (QED) is 0.811. The molecule has 0 unspecified atom stereocenters. The Morgan fingerprint density at radius 1 is 1.40 bits per heavy atom. The fourth-order valence-electron chi connectivity index (χ4n) is 0.954. The Morgan fingerprint density at radius 2 is 2.00 bits per heavy atom. The highest BCUT2D eigenvalue weighted by atomic mass is 32.2. The standard InChI is InChI=1S/C9H9NO4S/c1-2-15(13,14)10-8-6-4-3-5-7(8)9(11)12/h2-6,10H,1H2,(H,11,12). The molecule has 0 bridgehead atoms. The van der Waals surface area contributed by atoms with Crippen molar-refractivity contribution in [3.63, 3.8) is 0 Å². The largest absolute Gasteiger partial charge is 0.478 e. The van der Waals surface area contributed by atoms with Crippen LogP contribution in [0.4, 0.5) is 5.69 Å². The van der Waals surface area contributed by atoms with Gasteiger partial charge in [0, 0.05) is 5.41 Å². The van der Waals surface area contributed by atoms with E-state index in [1.54, 1.807) is 0 Å². The molecule has 0 saturated heterocycles. The van der Waals surface area contributed by atoms with Crippen LogP contribution in [0.15, 0.2) is 36.3 Å². The maximum absolute atomic E-state index is 11.1. The maximum atomic E-state index is 11.1. The van der Waals surface area contributed by atoms with Gasteiger partial charge in [0.25, 0.3) is 10.0 Å². The Labute approximate surface area is 87.1 Å². The van der Waals surface area contributed by atoms with E-state index in [1.807, 2.05) is 0 Å². The average Bonchev–Trinajstić information content (AvgIpc) is 2.18. The molecule has 0 aliphatic carbocycles. The van der Waals surface area contributed by atoms with Crippen LogP contribution in [-0.4, -0.2) is 19.5 Å². The van der Waals surface area contributed by atoms with Crippen molar-refractivity contribution in [1.82, 2.24) is 0 Å². The number of carbonyl (C=O) groups is 1. The van der Waals surface area contributed by atoms with Gasteiger partial charge in [0.05, 0.1) is 11.3 Å². The summed E-state index contributed by atoms with van der Waals surface area (Å²) in [5, 5.41) is 9.49. The van der Waals surface area contributed by atoms with E-state index < -0.39 is 16.0 Å². The van der Waals surface area contributed by atoms with Crippen molar-refractivity contribution in [3.8, 4) is 0 Å². The third-order valence-electron chi connectivity index (χ3n) is 1.63. The molecule has 6 heteroatoms. The summed E-state index contributed by atoms with van der Waals surface area (Å²) in [6, 6.07) is 5.72. The highest BCUT2D eigenvalue weighted by molar-refractivity contribution is 7.95. The van der Waals surface area contributed by atoms with Crippen molar-refractivity contribution in [1.29, 1.82) is 0 Å². The highest BCUT2D eigenvalue weighted by Crippen LogP contribution is 2.16. The van der Waals surface area contributed by atoms with E-state index in [-0.39, 0.29) is 11.3 Å². The zero-order chi connectivity index (χ0) is 11.5. The summed E-state index contributed by atoms with van der Waals surface area (Å²) in [5.41, 5.74) is -0.0900. The van der Waals surface area contributed by atoms with Crippen LogP contribution in [0.25, 0.3) is 0 Å². The summed E-state index contributed by atoms with van der Waals surface area (Å²) in [5.74, 6) is -1.20. The second-order valence-electron chi connectivity index (χ2n) is 2.66. The Bertz CT molecular complexity index is 493. The highest BCUT2D eigenvalue weighted by Gasteiger charge is 2.12. The summed E-state index contributed by atoms with van der Waals surface area (Å²) in [4.78, 5) is 10.7. The first-order chi connectivity index (χ1) is 6.96. The lowest BCUT2D eigenvalue weighted by molar-refractivity contribution is 0.0698. The fourth-order valence-corrected chi connectivity index (χ4v) is 1.52. The normalized spacial score (nSPS) is 10.7. The summed E-state index contributed by atoms with van der Waals surface area (Å²) in [7, 11) is -3.68. The van der Waals surface area contributed by atoms with E-state index in [4.69, 9.17) is 5.11 Å². The lowest BCUT2D eigenvalue weighted by Crippen LogP contribution is -2.12. The molecule has 1 rings (SSSR count). The Morgan fingerprint density at radius 3 is 2.53 bits per heavy atom. The van der Waals surface area contributed by atoms with E-state index in [0.29, 0.717) is 5.41 Å². The minimum absolute atomic E-state index is 0.0184. The van der Waals surface area contributed by atoms with Crippen LogP contribution < -0.4 is 4.72 Å². The molecule has 0 saturated carbocycles. The first kappa shape index (κ1) is 11.3. The van der Waals surface area contributed by atoms with Gasteiger partial charge in [-0.2, -0.15) is 0 Å². The number of hydrogen-bond donors (Lipinski definition) is 2. The van der Waals surface area contributed by atoms with Gasteiger partial charge in [-0.25, -0.2) is 13.2 Å². The molecule has 5 nitrogen and oxygen atoms in total. The zero-order valence-corrected chi connectivity index (χ0v) is 8.49. The molecule has 0 spiro atoms. The third-order valence-corrected chi connectivity index (χ3v) is 2.57. The van der Waals surface area contributed by atoms with Gasteiger partial charge in [-0.05, 0) is 12.1 Å². The van der Waals surface area contributed by atoms with Crippen LogP contribution in [0, 0.1) is 0 Å². The van der Waals surface area contributed by atoms with Gasteiger partial charge in [0.2, 0.25) is 0 Å². The lowest BCUT2D eigenvalue weighted by atomic mass is 10.2. The number of rotatable bonds is 4. The molecule has 15 heavy (non-hydrogen) atoms. The fraction of sp³-hybridized carbons (Fsp3) is 0. The van der Waals surface area contributed by atoms with Gasteiger partial charge in [-0.3, -0.25) is 4.72 Å². The molecule has 0 aliphatic rings. The first-order valence-electron chi connectivity index (χ1n) is 3.94. The van der Waals surface area contributed by atoms with Crippen molar-refractivity contribution < 1.29 is 18.3 Å². The zero-order valence-electron chi connectivity index (χ0n) is 7.67. The molecule has 0 radical (unpaired) electrons. The average molecular weight is 227 g/mol. The van der Waals surface area contributed by atoms with E-state index >= 15 is 0 Å². The van der Waals surface area contributed by atoms with Gasteiger partial charge < -0.3 is 5.11 Å². The first-order valence-corrected chi connectivity index (χ1v) is 5.48. The molecule has 0 fully saturated rings. The Hall–Kier alpha value is -1.82. The second kappa shape index (κ2) is 4.14. The molecule has 0 atom stereocenters. The molecular formula is C9H9NO4S. The molecule has 1 aromatic rings. The number of benzene rings is 1. The van der Waals surface area contributed by atoms with Crippen LogP contribution in [0.1, 0.15) is 10.4 Å². The van der Waals surface area contributed by atoms with E-state index in [9.17, 15) is 13.2 Å². The number of anilines is 1. The van der Waals surface area contributed by atoms with Gasteiger partial charge in [-0.15, -0.1) is 0 Å². The monoisotopic (exact) mass is 227 g/mol. The molecular weight excluding hydrogens is 218 g/mol. The van der Waals surface area contributed by atoms with Crippen molar-refractivity contribution in [2.75, 3.05) is 4.72 Å². The van der Waals surface area contributed by atoms with E-state index in [0.717, 1.165) is 0 Å². The van der Waals surface area contributed by atoms with Gasteiger partial charge in [-0.1, -0.05) is 18.7 Å². The predicted molar refractivity (Wildman–Crippen MR) is 56.1 cm³/mol. The van der Waals surface area contributed by atoms with Crippen molar-refractivity contribution >= 4 is 21.7 Å². The number of para-hydroxylation sites is 1. The van der Waals surface area contributed by atoms with Crippen LogP contribution in [0.2, 0.25) is 0 Å². The molecule has 0 amide bonds. The molecule has 0 aliphatic heterocycles. The predicted octanol–water partition coefficient (Wildman–Crippen LogP) is 1.27. The summed E-state index contributed by atoms with van der Waals surface area (Å²) < 4.78 is 24.3. The number of carboxylic acid groups (broad SMARTS) is 1. The smallest absolute Gasteiger partial charge is 0.337 e. The number of nitrogens with one attached hydrogen (secondary N) is 1. The SMILES string of the molecule is C=CS(=O)(=O)Nc1ccccc1C(=O)O. The van der Waals surface area contributed by atoms with Gasteiger partial charge in [0.15, 0.2) is 0 Å². The molecule has 1 aromatic carbocycles. The molecule has 80 valence electrons. The van der Waals surface area contributed by atoms with Crippen molar-refractivity contribution in [3.05, 3.63) is 41.8 Å². The Kier molecular flexibility index (Phi) is 3.11. The summed E-state index contributed by atoms with van der Waals surface area (Å²) in [6.45, 7) is 3.11. The maximum Gasteiger partial charge on any atom is 0.337 e. The van der Waals surface area contributed by atoms with Crippen molar-refractivity contribution in [2.45, 2.75) is 0 Å². The van der Waals surface area contributed by atoms with Crippen LogP contribution >= 0.6 is 0 Å². The Balaban J connectivity index is 3.16. The number of hydrogen-bond acceptors (Lipinski definition) is 3. The number of sulfonamides is 1. The van der Waals surface area contributed by atoms with Gasteiger partial charge in [0.1, 0.15) is 0 Å².